The molecule has 0 saturated heterocycles. The van der Waals surface area contributed by atoms with Gasteiger partial charge in [0, 0.05) is 0 Å². The Balaban J connectivity index is 2.12. The van der Waals surface area contributed by atoms with Gasteiger partial charge in [0.05, 0.1) is 17.4 Å². The predicted octanol–water partition coefficient (Wildman–Crippen LogP) is 3.06. The molecule has 1 N–H and O–H groups in total. The average molecular weight is 265 g/mol. The van der Waals surface area contributed by atoms with Crippen LogP contribution < -0.4 is 4.74 Å². The number of aryl methyl sites for hydroxylation is 2. The molecule has 0 fully saturated rings. The summed E-state index contributed by atoms with van der Waals surface area (Å²) in [6, 6.07) is 4.42. The van der Waals surface area contributed by atoms with E-state index < -0.39 is 11.9 Å². The molecule has 1 heterocycles. The lowest BCUT2D eigenvalue weighted by atomic mass is 10.1. The zero-order valence-corrected chi connectivity index (χ0v) is 11.1. The van der Waals surface area contributed by atoms with Crippen LogP contribution in [0.3, 0.4) is 0 Å². The van der Waals surface area contributed by atoms with Crippen molar-refractivity contribution in [2.24, 2.45) is 0 Å². The topological polar surface area (TPSA) is 55.5 Å². The fourth-order valence-corrected chi connectivity index (χ4v) is 1.75. The van der Waals surface area contributed by atoms with Crippen LogP contribution in [0.25, 0.3) is 0 Å². The van der Waals surface area contributed by atoms with E-state index in [-0.39, 0.29) is 12.4 Å². The number of rotatable bonds is 4. The third-order valence-electron chi connectivity index (χ3n) is 2.99. The summed E-state index contributed by atoms with van der Waals surface area (Å²) in [6.07, 6.45) is -0.703. The van der Waals surface area contributed by atoms with Crippen LogP contribution in [-0.2, 0) is 6.61 Å². The lowest BCUT2D eigenvalue weighted by Gasteiger charge is -2.09. The second-order valence-electron chi connectivity index (χ2n) is 4.46. The van der Waals surface area contributed by atoms with Crippen molar-refractivity contribution in [3.05, 3.63) is 46.6 Å². The summed E-state index contributed by atoms with van der Waals surface area (Å²) in [6.45, 7) is 5.37. The van der Waals surface area contributed by atoms with E-state index in [0.29, 0.717) is 11.3 Å². The van der Waals surface area contributed by atoms with Crippen LogP contribution in [0, 0.1) is 19.7 Å². The van der Waals surface area contributed by atoms with E-state index in [4.69, 9.17) is 9.26 Å². The number of benzene rings is 1. The van der Waals surface area contributed by atoms with Gasteiger partial charge in [0.15, 0.2) is 11.6 Å². The Morgan fingerprint density at radius 1 is 1.42 bits per heavy atom. The van der Waals surface area contributed by atoms with Gasteiger partial charge >= 0.3 is 0 Å². The predicted molar refractivity (Wildman–Crippen MR) is 67.3 cm³/mol. The quantitative estimate of drug-likeness (QED) is 0.923. The number of ether oxygens (including phenoxy) is 1. The van der Waals surface area contributed by atoms with Gasteiger partial charge < -0.3 is 14.4 Å². The van der Waals surface area contributed by atoms with E-state index in [9.17, 15) is 9.50 Å². The first kappa shape index (κ1) is 13.5. The van der Waals surface area contributed by atoms with Crippen LogP contribution in [0.2, 0.25) is 0 Å². The highest BCUT2D eigenvalue weighted by molar-refractivity contribution is 5.31. The molecule has 0 amide bonds. The smallest absolute Gasteiger partial charge is 0.165 e. The van der Waals surface area contributed by atoms with Crippen molar-refractivity contribution in [1.82, 2.24) is 5.16 Å². The molecule has 0 aliphatic rings. The van der Waals surface area contributed by atoms with Crippen molar-refractivity contribution in [2.75, 3.05) is 0 Å². The maximum absolute atomic E-state index is 13.8. The molecule has 0 unspecified atom stereocenters. The molecule has 0 aliphatic carbocycles. The van der Waals surface area contributed by atoms with Gasteiger partial charge in [0.25, 0.3) is 0 Å². The minimum Gasteiger partial charge on any atom is -0.486 e. The molecule has 1 aromatic heterocycles. The minimum absolute atomic E-state index is 0.143. The number of aliphatic hydroxyl groups excluding tert-OH is 1. The molecular formula is C14H16FNO3. The van der Waals surface area contributed by atoms with E-state index in [0.717, 1.165) is 11.3 Å². The highest BCUT2D eigenvalue weighted by atomic mass is 19.1. The van der Waals surface area contributed by atoms with Gasteiger partial charge in [0.1, 0.15) is 12.4 Å². The normalized spacial score (nSPS) is 12.5. The summed E-state index contributed by atoms with van der Waals surface area (Å²) in [5.41, 5.74) is 2.07. The van der Waals surface area contributed by atoms with Gasteiger partial charge in [0.2, 0.25) is 0 Å². The second kappa shape index (κ2) is 5.40. The molecule has 0 saturated carbocycles. The highest BCUT2D eigenvalue weighted by Gasteiger charge is 2.12. The lowest BCUT2D eigenvalue weighted by Crippen LogP contribution is -2.00. The van der Waals surface area contributed by atoms with Crippen LogP contribution in [-0.4, -0.2) is 10.3 Å². The molecule has 1 aromatic carbocycles. The van der Waals surface area contributed by atoms with E-state index >= 15 is 0 Å². The summed E-state index contributed by atoms with van der Waals surface area (Å²) in [4.78, 5) is 0. The average Bonchev–Trinajstić information content (AvgIpc) is 2.68. The summed E-state index contributed by atoms with van der Waals surface area (Å²) in [7, 11) is 0. The van der Waals surface area contributed by atoms with Crippen LogP contribution in [0.5, 0.6) is 5.75 Å². The third kappa shape index (κ3) is 2.93. The standard InChI is InChI=1S/C14H16FNO3/c1-8-12(10(3)19-16-8)7-18-14-5-4-11(9(2)17)6-13(14)15/h4-6,9,17H,7H2,1-3H3/t9-/m0/s1. The maximum Gasteiger partial charge on any atom is 0.165 e. The summed E-state index contributed by atoms with van der Waals surface area (Å²) < 4.78 is 24.2. The van der Waals surface area contributed by atoms with Gasteiger partial charge in [-0.2, -0.15) is 0 Å². The molecule has 102 valence electrons. The largest absolute Gasteiger partial charge is 0.486 e. The fraction of sp³-hybridized carbons (Fsp3) is 0.357. The first-order valence-electron chi connectivity index (χ1n) is 6.01. The van der Waals surface area contributed by atoms with Gasteiger partial charge in [-0.1, -0.05) is 11.2 Å². The molecule has 0 aliphatic heterocycles. The van der Waals surface area contributed by atoms with Crippen LogP contribution in [0.4, 0.5) is 4.39 Å². The molecule has 5 heteroatoms. The Bertz CT molecular complexity index is 559. The number of halogens is 1. The summed E-state index contributed by atoms with van der Waals surface area (Å²) >= 11 is 0. The third-order valence-corrected chi connectivity index (χ3v) is 2.99. The van der Waals surface area contributed by atoms with Crippen LogP contribution in [0.1, 0.15) is 35.6 Å². The Morgan fingerprint density at radius 3 is 2.68 bits per heavy atom. The van der Waals surface area contributed by atoms with Crippen molar-refractivity contribution in [2.45, 2.75) is 33.5 Å². The monoisotopic (exact) mass is 265 g/mol. The van der Waals surface area contributed by atoms with Gasteiger partial charge in [-0.25, -0.2) is 4.39 Å². The molecule has 2 aromatic rings. The van der Waals surface area contributed by atoms with Gasteiger partial charge in [-0.05, 0) is 38.5 Å². The lowest BCUT2D eigenvalue weighted by molar-refractivity contribution is 0.198. The number of nitrogens with zero attached hydrogens (tertiary/aromatic N) is 1. The highest BCUT2D eigenvalue weighted by Crippen LogP contribution is 2.23. The van der Waals surface area contributed by atoms with Crippen molar-refractivity contribution < 1.29 is 18.8 Å². The molecule has 19 heavy (non-hydrogen) atoms. The number of aromatic nitrogens is 1. The maximum atomic E-state index is 13.8. The number of hydrogen-bond donors (Lipinski definition) is 1. The number of hydrogen-bond acceptors (Lipinski definition) is 4. The molecular weight excluding hydrogens is 249 g/mol. The zero-order valence-electron chi connectivity index (χ0n) is 11.1. The fourth-order valence-electron chi connectivity index (χ4n) is 1.75. The van der Waals surface area contributed by atoms with Crippen molar-refractivity contribution in [3.63, 3.8) is 0 Å². The molecule has 0 bridgehead atoms. The SMILES string of the molecule is Cc1noc(C)c1COc1ccc([C@H](C)O)cc1F. The summed E-state index contributed by atoms with van der Waals surface area (Å²) in [5, 5.41) is 13.2. The van der Waals surface area contributed by atoms with E-state index in [1.165, 1.54) is 12.1 Å². The zero-order chi connectivity index (χ0) is 14.0. The minimum atomic E-state index is -0.703. The van der Waals surface area contributed by atoms with Crippen molar-refractivity contribution in [1.29, 1.82) is 0 Å². The van der Waals surface area contributed by atoms with E-state index in [2.05, 4.69) is 5.16 Å². The molecule has 2 rings (SSSR count). The van der Waals surface area contributed by atoms with Gasteiger partial charge in [-0.15, -0.1) is 0 Å². The van der Waals surface area contributed by atoms with Crippen molar-refractivity contribution in [3.8, 4) is 5.75 Å². The van der Waals surface area contributed by atoms with E-state index in [1.54, 1.807) is 19.9 Å². The number of aliphatic hydroxyl groups is 1. The molecule has 0 spiro atoms. The van der Waals surface area contributed by atoms with E-state index in [1.807, 2.05) is 6.92 Å². The van der Waals surface area contributed by atoms with Crippen LogP contribution in [0.15, 0.2) is 22.7 Å². The van der Waals surface area contributed by atoms with Gasteiger partial charge in [-0.3, -0.25) is 0 Å². The first-order valence-corrected chi connectivity index (χ1v) is 6.01. The Morgan fingerprint density at radius 2 is 2.16 bits per heavy atom. The van der Waals surface area contributed by atoms with Crippen molar-refractivity contribution >= 4 is 0 Å². The molecule has 4 nitrogen and oxygen atoms in total. The Labute approximate surface area is 110 Å². The summed E-state index contributed by atoms with van der Waals surface area (Å²) in [5.74, 6) is 0.313. The Hall–Kier alpha value is -1.88. The molecule has 1 atom stereocenters. The first-order chi connectivity index (χ1) is 8.99. The van der Waals surface area contributed by atoms with Crippen LogP contribution >= 0.6 is 0 Å². The molecule has 0 radical (unpaired) electrons. The second-order valence-corrected chi connectivity index (χ2v) is 4.46. The Kier molecular flexibility index (Phi) is 3.85.